The number of nitrogens with zero attached hydrogens (tertiary/aromatic N) is 1. The second-order valence-corrected chi connectivity index (χ2v) is 6.66. The predicted octanol–water partition coefficient (Wildman–Crippen LogP) is 5.17. The summed E-state index contributed by atoms with van der Waals surface area (Å²) in [5, 5.41) is 3.75. The second kappa shape index (κ2) is 6.64. The number of benzene rings is 2. The maximum Gasteiger partial charge on any atom is 0.416 e. The van der Waals surface area contributed by atoms with Crippen LogP contribution < -0.4 is 5.32 Å². The van der Waals surface area contributed by atoms with Crippen molar-refractivity contribution in [3.8, 4) is 0 Å². The van der Waals surface area contributed by atoms with Crippen LogP contribution in [0.15, 0.2) is 48.5 Å². The molecule has 1 aliphatic rings. The number of amides is 2. The van der Waals surface area contributed by atoms with E-state index in [2.05, 4.69) is 16.4 Å². The molecule has 0 radical (unpaired) electrons. The topological polar surface area (TPSA) is 48.1 Å². The van der Waals surface area contributed by atoms with Gasteiger partial charge in [0.25, 0.3) is 0 Å². The van der Waals surface area contributed by atoms with Gasteiger partial charge in [-0.1, -0.05) is 24.3 Å². The van der Waals surface area contributed by atoms with E-state index in [-0.39, 0.29) is 5.69 Å². The average Bonchev–Trinajstić information content (AvgIpc) is 2.84. The third-order valence-electron chi connectivity index (χ3n) is 4.83. The molecule has 140 valence electrons. The number of aromatic amines is 1. The van der Waals surface area contributed by atoms with Crippen LogP contribution in [0.3, 0.4) is 0 Å². The zero-order valence-electron chi connectivity index (χ0n) is 14.4. The number of carbonyl (C=O) groups is 1. The van der Waals surface area contributed by atoms with Crippen molar-refractivity contribution in [1.29, 1.82) is 0 Å². The molecular weight excluding hydrogens is 355 g/mol. The molecular formula is C20H18F3N3O. The van der Waals surface area contributed by atoms with Crippen molar-refractivity contribution in [2.75, 3.05) is 11.9 Å². The van der Waals surface area contributed by atoms with Gasteiger partial charge in [-0.3, -0.25) is 0 Å². The van der Waals surface area contributed by atoms with Crippen molar-refractivity contribution in [2.24, 2.45) is 0 Å². The Morgan fingerprint density at radius 3 is 2.74 bits per heavy atom. The minimum Gasteiger partial charge on any atom is -0.357 e. The number of aryl methyl sites for hydroxylation is 1. The molecule has 2 heterocycles. The molecule has 2 amide bonds. The maximum atomic E-state index is 12.9. The average molecular weight is 373 g/mol. The van der Waals surface area contributed by atoms with E-state index in [1.807, 2.05) is 18.2 Å². The first-order valence-corrected chi connectivity index (χ1v) is 8.73. The molecule has 0 unspecified atom stereocenters. The minimum atomic E-state index is -4.44. The molecule has 4 nitrogen and oxygen atoms in total. The first kappa shape index (κ1) is 17.5. The monoisotopic (exact) mass is 373 g/mol. The number of halogens is 3. The lowest BCUT2D eigenvalue weighted by Gasteiger charge is -2.21. The van der Waals surface area contributed by atoms with Crippen LogP contribution in [-0.4, -0.2) is 22.5 Å². The van der Waals surface area contributed by atoms with Gasteiger partial charge < -0.3 is 15.2 Å². The molecule has 1 aromatic heterocycles. The summed E-state index contributed by atoms with van der Waals surface area (Å²) in [6, 6.07) is 12.3. The molecule has 7 heteroatoms. The van der Waals surface area contributed by atoms with Crippen LogP contribution in [0.2, 0.25) is 0 Å². The summed E-state index contributed by atoms with van der Waals surface area (Å²) in [6.45, 7) is 0.941. The summed E-state index contributed by atoms with van der Waals surface area (Å²) in [5.74, 6) is 0. The van der Waals surface area contributed by atoms with Gasteiger partial charge in [0.1, 0.15) is 0 Å². The molecule has 1 aliphatic heterocycles. The van der Waals surface area contributed by atoms with Gasteiger partial charge in [-0.25, -0.2) is 4.79 Å². The molecule has 27 heavy (non-hydrogen) atoms. The van der Waals surface area contributed by atoms with Gasteiger partial charge in [-0.2, -0.15) is 13.2 Å². The van der Waals surface area contributed by atoms with Gasteiger partial charge in [-0.05, 0) is 42.7 Å². The maximum absolute atomic E-state index is 12.9. The molecule has 2 N–H and O–H groups in total. The van der Waals surface area contributed by atoms with Crippen molar-refractivity contribution in [2.45, 2.75) is 25.6 Å². The van der Waals surface area contributed by atoms with E-state index in [0.717, 1.165) is 41.6 Å². The van der Waals surface area contributed by atoms with E-state index in [0.29, 0.717) is 13.1 Å². The molecule has 2 aromatic carbocycles. The number of aromatic nitrogens is 1. The van der Waals surface area contributed by atoms with Gasteiger partial charge in [0.15, 0.2) is 0 Å². The number of carbonyl (C=O) groups excluding carboxylic acids is 1. The number of para-hydroxylation sites is 1. The van der Waals surface area contributed by atoms with Crippen LogP contribution in [-0.2, 0) is 19.1 Å². The van der Waals surface area contributed by atoms with E-state index < -0.39 is 17.8 Å². The van der Waals surface area contributed by atoms with E-state index >= 15 is 0 Å². The lowest BCUT2D eigenvalue weighted by atomic mass is 10.1. The molecule has 0 aliphatic carbocycles. The SMILES string of the molecule is O=C(Nc1cccc(C(F)(F)F)c1)N1CCCc2c([nH]c3ccccc23)C1. The van der Waals surface area contributed by atoms with Crippen LogP contribution in [0.4, 0.5) is 23.7 Å². The van der Waals surface area contributed by atoms with Crippen LogP contribution >= 0.6 is 0 Å². The smallest absolute Gasteiger partial charge is 0.357 e. The number of H-pyrrole nitrogens is 1. The largest absolute Gasteiger partial charge is 0.416 e. The van der Waals surface area contributed by atoms with Gasteiger partial charge in [0.2, 0.25) is 0 Å². The molecule has 3 aromatic rings. The highest BCUT2D eigenvalue weighted by atomic mass is 19.4. The highest BCUT2D eigenvalue weighted by Crippen LogP contribution is 2.31. The Morgan fingerprint density at radius 1 is 1.11 bits per heavy atom. The highest BCUT2D eigenvalue weighted by molar-refractivity contribution is 5.90. The van der Waals surface area contributed by atoms with Gasteiger partial charge >= 0.3 is 12.2 Å². The van der Waals surface area contributed by atoms with E-state index in [9.17, 15) is 18.0 Å². The number of urea groups is 1. The summed E-state index contributed by atoms with van der Waals surface area (Å²) in [6.07, 6.45) is -2.79. The Balaban J connectivity index is 1.54. The lowest BCUT2D eigenvalue weighted by Crippen LogP contribution is -2.34. The zero-order valence-corrected chi connectivity index (χ0v) is 14.4. The normalized spacial score (nSPS) is 14.7. The number of hydrogen-bond acceptors (Lipinski definition) is 1. The Hall–Kier alpha value is -2.96. The van der Waals surface area contributed by atoms with E-state index in [1.165, 1.54) is 17.7 Å². The van der Waals surface area contributed by atoms with E-state index in [4.69, 9.17) is 0 Å². The quantitative estimate of drug-likeness (QED) is 0.608. The van der Waals surface area contributed by atoms with Crippen molar-refractivity contribution in [3.63, 3.8) is 0 Å². The first-order valence-electron chi connectivity index (χ1n) is 8.73. The Morgan fingerprint density at radius 2 is 1.93 bits per heavy atom. The first-order chi connectivity index (χ1) is 12.9. The third kappa shape index (κ3) is 3.49. The van der Waals surface area contributed by atoms with Crippen LogP contribution in [0, 0.1) is 0 Å². The predicted molar refractivity (Wildman–Crippen MR) is 97.5 cm³/mol. The fourth-order valence-electron chi connectivity index (χ4n) is 3.54. The number of alkyl halides is 3. The Kier molecular flexibility index (Phi) is 4.30. The minimum absolute atomic E-state index is 0.135. The summed E-state index contributed by atoms with van der Waals surface area (Å²) < 4.78 is 38.6. The number of fused-ring (bicyclic) bond motifs is 3. The fraction of sp³-hybridized carbons (Fsp3) is 0.250. The summed E-state index contributed by atoms with van der Waals surface area (Å²) in [7, 11) is 0. The summed E-state index contributed by atoms with van der Waals surface area (Å²) in [5.41, 5.74) is 2.57. The van der Waals surface area contributed by atoms with Gasteiger partial charge in [0, 0.05) is 28.8 Å². The van der Waals surface area contributed by atoms with Crippen molar-refractivity contribution >= 4 is 22.6 Å². The molecule has 0 fully saturated rings. The second-order valence-electron chi connectivity index (χ2n) is 6.66. The highest BCUT2D eigenvalue weighted by Gasteiger charge is 2.30. The third-order valence-corrected chi connectivity index (χ3v) is 4.83. The number of nitrogens with one attached hydrogen (secondary N) is 2. The lowest BCUT2D eigenvalue weighted by molar-refractivity contribution is -0.137. The van der Waals surface area contributed by atoms with Crippen molar-refractivity contribution in [1.82, 2.24) is 9.88 Å². The van der Waals surface area contributed by atoms with Crippen molar-refractivity contribution in [3.05, 3.63) is 65.4 Å². The Bertz CT molecular complexity index is 994. The van der Waals surface area contributed by atoms with Crippen LogP contribution in [0.5, 0.6) is 0 Å². The molecule has 0 spiro atoms. The molecule has 0 atom stereocenters. The van der Waals surface area contributed by atoms with Crippen molar-refractivity contribution < 1.29 is 18.0 Å². The fourth-order valence-corrected chi connectivity index (χ4v) is 3.54. The van der Waals surface area contributed by atoms with Gasteiger partial charge in [0.05, 0.1) is 12.1 Å². The standard InChI is InChI=1S/C20H18F3N3O/c21-20(22,23)13-5-3-6-14(11-13)24-19(27)26-10-4-8-16-15-7-1-2-9-17(15)25-18(16)12-26/h1-3,5-7,9,11,25H,4,8,10,12H2,(H,24,27). The molecule has 0 bridgehead atoms. The number of hydrogen-bond donors (Lipinski definition) is 2. The molecule has 4 rings (SSSR count). The summed E-state index contributed by atoms with van der Waals surface area (Å²) in [4.78, 5) is 17.6. The van der Waals surface area contributed by atoms with Crippen LogP contribution in [0.25, 0.3) is 10.9 Å². The zero-order chi connectivity index (χ0) is 19.0. The van der Waals surface area contributed by atoms with Crippen LogP contribution in [0.1, 0.15) is 23.2 Å². The van der Waals surface area contributed by atoms with Gasteiger partial charge in [-0.15, -0.1) is 0 Å². The number of rotatable bonds is 1. The summed E-state index contributed by atoms with van der Waals surface area (Å²) >= 11 is 0. The van der Waals surface area contributed by atoms with E-state index in [1.54, 1.807) is 4.90 Å². The Labute approximate surface area is 154 Å². The molecule has 0 saturated heterocycles. The molecule has 0 saturated carbocycles. The number of anilines is 1.